The lowest BCUT2D eigenvalue weighted by atomic mass is 10.3. The Labute approximate surface area is 112 Å². The molecular formula is C11H10BrClN4. The average Bonchev–Trinajstić information content (AvgIpc) is 2.26. The highest BCUT2D eigenvalue weighted by Crippen LogP contribution is 2.27. The van der Waals surface area contributed by atoms with E-state index in [2.05, 4.69) is 30.9 Å². The molecule has 0 unspecified atom stereocenters. The number of fused-ring (bicyclic) bond motifs is 1. The molecule has 6 heteroatoms. The maximum absolute atomic E-state index is 5.83. The number of hydrogen-bond donors (Lipinski definition) is 0. The van der Waals surface area contributed by atoms with E-state index < -0.39 is 0 Å². The summed E-state index contributed by atoms with van der Waals surface area (Å²) in [5.74, 6) is 0.619. The summed E-state index contributed by atoms with van der Waals surface area (Å²) in [5, 5.41) is 1.35. The third-order valence-corrected chi connectivity index (χ3v) is 2.80. The Kier molecular flexibility index (Phi) is 3.59. The molecule has 2 heterocycles. The third-order valence-electron chi connectivity index (χ3n) is 2.01. The summed E-state index contributed by atoms with van der Waals surface area (Å²) in [4.78, 5) is 14.5. The predicted octanol–water partition coefficient (Wildman–Crippen LogP) is 3.27. The van der Waals surface area contributed by atoms with Gasteiger partial charge >= 0.3 is 0 Å². The van der Waals surface area contributed by atoms with Crippen molar-refractivity contribution in [3.8, 4) is 0 Å². The summed E-state index contributed by atoms with van der Waals surface area (Å²) >= 11 is 9.26. The molecule has 0 radical (unpaired) electrons. The summed E-state index contributed by atoms with van der Waals surface area (Å²) in [6.45, 7) is 0. The van der Waals surface area contributed by atoms with Crippen LogP contribution in [0.25, 0.3) is 10.9 Å². The van der Waals surface area contributed by atoms with Crippen molar-refractivity contribution in [2.75, 3.05) is 14.1 Å². The minimum atomic E-state index is 0.426. The zero-order chi connectivity index (χ0) is 12.4. The topological polar surface area (TPSA) is 41.4 Å². The maximum atomic E-state index is 5.83. The molecule has 2 aromatic rings. The summed E-state index contributed by atoms with van der Waals surface area (Å²) in [6.07, 6.45) is 3.39. The van der Waals surface area contributed by atoms with Gasteiger partial charge < -0.3 is 4.90 Å². The molecule has 0 saturated heterocycles. The first-order valence-corrected chi connectivity index (χ1v) is 6.06. The predicted molar refractivity (Wildman–Crippen MR) is 74.1 cm³/mol. The quantitative estimate of drug-likeness (QED) is 0.485. The van der Waals surface area contributed by atoms with Crippen LogP contribution >= 0.6 is 27.5 Å². The number of aromatic nitrogens is 2. The second-order valence-electron chi connectivity index (χ2n) is 3.70. The molecule has 17 heavy (non-hydrogen) atoms. The fraction of sp³-hybridized carbons (Fsp3) is 0.182. The fourth-order valence-electron chi connectivity index (χ4n) is 1.27. The highest BCUT2D eigenvalue weighted by Gasteiger charge is 2.04. The molecule has 0 aliphatic carbocycles. The normalized spacial score (nSPS) is 11.3. The number of nitrogens with zero attached hydrogens (tertiary/aromatic N) is 4. The molecule has 0 N–H and O–H groups in total. The lowest BCUT2D eigenvalue weighted by Gasteiger charge is -2.04. The van der Waals surface area contributed by atoms with Crippen molar-refractivity contribution >= 4 is 50.6 Å². The Hall–Kier alpha value is -1.20. The molecule has 0 fully saturated rings. The Balaban J connectivity index is 2.53. The van der Waals surface area contributed by atoms with Crippen LogP contribution < -0.4 is 0 Å². The van der Waals surface area contributed by atoms with Gasteiger partial charge in [-0.15, -0.1) is 0 Å². The second kappa shape index (κ2) is 4.98. The van der Waals surface area contributed by atoms with Gasteiger partial charge in [0, 0.05) is 31.7 Å². The monoisotopic (exact) mass is 312 g/mol. The van der Waals surface area contributed by atoms with Gasteiger partial charge in [-0.1, -0.05) is 11.6 Å². The SMILES string of the molecule is CN(C)C=Nc1nc2cc(Cl)ncc2cc1Br. The number of rotatable bonds is 2. The number of pyridine rings is 2. The Bertz CT molecular complexity index is 583. The first-order valence-electron chi connectivity index (χ1n) is 4.88. The molecule has 0 aliphatic heterocycles. The zero-order valence-electron chi connectivity index (χ0n) is 9.35. The summed E-state index contributed by atoms with van der Waals surface area (Å²) in [7, 11) is 3.80. The second-order valence-corrected chi connectivity index (χ2v) is 4.94. The standard InChI is InChI=1S/C11H10BrClN4/c1-17(2)6-15-11-8(12)3-7-5-14-10(13)4-9(7)16-11/h3-6H,1-2H3. The number of hydrogen-bond acceptors (Lipinski definition) is 3. The molecule has 0 bridgehead atoms. The summed E-state index contributed by atoms with van der Waals surface area (Å²) < 4.78 is 0.826. The summed E-state index contributed by atoms with van der Waals surface area (Å²) in [5.41, 5.74) is 0.777. The van der Waals surface area contributed by atoms with E-state index in [1.807, 2.05) is 25.1 Å². The van der Waals surface area contributed by atoms with Crippen molar-refractivity contribution in [1.82, 2.24) is 14.9 Å². The van der Waals surface area contributed by atoms with Crippen molar-refractivity contribution in [3.05, 3.63) is 28.0 Å². The van der Waals surface area contributed by atoms with Crippen LogP contribution in [0.2, 0.25) is 5.15 Å². The Morgan fingerprint density at radius 3 is 2.88 bits per heavy atom. The van der Waals surface area contributed by atoms with Gasteiger partial charge in [-0.25, -0.2) is 15.0 Å². The molecule has 0 aliphatic rings. The van der Waals surface area contributed by atoms with Crippen molar-refractivity contribution in [2.24, 2.45) is 4.99 Å². The molecule has 0 amide bonds. The van der Waals surface area contributed by atoms with Gasteiger partial charge in [-0.2, -0.15) is 0 Å². The van der Waals surface area contributed by atoms with Crippen LogP contribution in [0.15, 0.2) is 27.8 Å². The van der Waals surface area contributed by atoms with Crippen molar-refractivity contribution in [1.29, 1.82) is 0 Å². The first kappa shape index (κ1) is 12.3. The molecular weight excluding hydrogens is 304 g/mol. The van der Waals surface area contributed by atoms with Crippen molar-refractivity contribution in [2.45, 2.75) is 0 Å². The fourth-order valence-corrected chi connectivity index (χ4v) is 1.86. The van der Waals surface area contributed by atoms with E-state index in [4.69, 9.17) is 11.6 Å². The molecule has 0 spiro atoms. The minimum absolute atomic E-state index is 0.426. The third kappa shape index (κ3) is 2.92. The lowest BCUT2D eigenvalue weighted by molar-refractivity contribution is 0.643. The van der Waals surface area contributed by atoms with E-state index in [-0.39, 0.29) is 0 Å². The van der Waals surface area contributed by atoms with Crippen LogP contribution in [-0.2, 0) is 0 Å². The van der Waals surface area contributed by atoms with Gasteiger partial charge in [0.05, 0.1) is 16.3 Å². The molecule has 4 nitrogen and oxygen atoms in total. The van der Waals surface area contributed by atoms with E-state index in [0.717, 1.165) is 15.4 Å². The molecule has 0 atom stereocenters. The van der Waals surface area contributed by atoms with E-state index in [9.17, 15) is 0 Å². The Morgan fingerprint density at radius 1 is 1.41 bits per heavy atom. The van der Waals surface area contributed by atoms with Gasteiger partial charge in [0.15, 0.2) is 5.82 Å². The lowest BCUT2D eigenvalue weighted by Crippen LogP contribution is -2.07. The molecule has 88 valence electrons. The molecule has 0 saturated carbocycles. The van der Waals surface area contributed by atoms with Crippen LogP contribution in [0.4, 0.5) is 5.82 Å². The van der Waals surface area contributed by atoms with Crippen LogP contribution in [0, 0.1) is 0 Å². The van der Waals surface area contributed by atoms with Crippen molar-refractivity contribution < 1.29 is 0 Å². The first-order chi connectivity index (χ1) is 8.06. The summed E-state index contributed by atoms with van der Waals surface area (Å²) in [6, 6.07) is 3.64. The van der Waals surface area contributed by atoms with Gasteiger partial charge in [-0.3, -0.25) is 0 Å². The highest BCUT2D eigenvalue weighted by molar-refractivity contribution is 9.10. The van der Waals surface area contributed by atoms with E-state index in [1.54, 1.807) is 18.6 Å². The molecule has 2 rings (SSSR count). The van der Waals surface area contributed by atoms with Crippen LogP contribution in [0.5, 0.6) is 0 Å². The van der Waals surface area contributed by atoms with E-state index >= 15 is 0 Å². The maximum Gasteiger partial charge on any atom is 0.168 e. The van der Waals surface area contributed by atoms with Gasteiger partial charge in [0.1, 0.15) is 5.15 Å². The van der Waals surface area contributed by atoms with Crippen LogP contribution in [0.3, 0.4) is 0 Å². The van der Waals surface area contributed by atoms with Crippen LogP contribution in [-0.4, -0.2) is 35.3 Å². The molecule has 2 aromatic heterocycles. The molecule has 0 aromatic carbocycles. The smallest absolute Gasteiger partial charge is 0.168 e. The van der Waals surface area contributed by atoms with Gasteiger partial charge in [-0.05, 0) is 22.0 Å². The minimum Gasteiger partial charge on any atom is -0.369 e. The number of halogens is 2. The van der Waals surface area contributed by atoms with Gasteiger partial charge in [0.2, 0.25) is 0 Å². The van der Waals surface area contributed by atoms with E-state index in [0.29, 0.717) is 11.0 Å². The van der Waals surface area contributed by atoms with Crippen molar-refractivity contribution in [3.63, 3.8) is 0 Å². The Morgan fingerprint density at radius 2 is 2.18 bits per heavy atom. The highest BCUT2D eigenvalue weighted by atomic mass is 79.9. The van der Waals surface area contributed by atoms with Gasteiger partial charge in [0.25, 0.3) is 0 Å². The number of aliphatic imine (C=N–C) groups is 1. The zero-order valence-corrected chi connectivity index (χ0v) is 11.7. The van der Waals surface area contributed by atoms with E-state index in [1.165, 1.54) is 0 Å². The largest absolute Gasteiger partial charge is 0.369 e. The van der Waals surface area contributed by atoms with Crippen LogP contribution in [0.1, 0.15) is 0 Å². The average molecular weight is 314 g/mol.